The van der Waals surface area contributed by atoms with E-state index in [1.54, 1.807) is 24.9 Å². The van der Waals surface area contributed by atoms with Gasteiger partial charge in [-0.05, 0) is 53.9 Å². The Hall–Kier alpha value is -1.69. The summed E-state index contributed by atoms with van der Waals surface area (Å²) in [5.41, 5.74) is 1.05. The lowest BCUT2D eigenvalue weighted by molar-refractivity contribution is -0.146. The molecule has 0 fully saturated rings. The first kappa shape index (κ1) is 13.7. The lowest BCUT2D eigenvalue weighted by Crippen LogP contribution is -2.26. The fourth-order valence-electron chi connectivity index (χ4n) is 1.76. The van der Waals surface area contributed by atoms with E-state index in [1.165, 1.54) is 6.33 Å². The molecule has 0 amide bonds. The molecule has 19 heavy (non-hydrogen) atoms. The van der Waals surface area contributed by atoms with Gasteiger partial charge in [-0.3, -0.25) is 4.79 Å². The van der Waals surface area contributed by atoms with Gasteiger partial charge in [0.25, 0.3) is 0 Å². The Morgan fingerprint density at radius 3 is 2.74 bits per heavy atom. The number of nitrogens with zero attached hydrogens (tertiary/aromatic N) is 3. The summed E-state index contributed by atoms with van der Waals surface area (Å²) in [5, 5.41) is 13.2. The number of benzene rings is 1. The topological polar surface area (TPSA) is 68.0 Å². The van der Waals surface area contributed by atoms with Crippen molar-refractivity contribution in [1.82, 2.24) is 14.8 Å². The molecule has 0 bridgehead atoms. The molecule has 2 rings (SSSR count). The van der Waals surface area contributed by atoms with Gasteiger partial charge in [-0.1, -0.05) is 6.07 Å². The monoisotopic (exact) mass is 323 g/mol. The van der Waals surface area contributed by atoms with E-state index >= 15 is 0 Å². The third-order valence-corrected chi connectivity index (χ3v) is 3.54. The van der Waals surface area contributed by atoms with E-state index in [0.717, 1.165) is 15.7 Å². The second-order valence-corrected chi connectivity index (χ2v) is 5.85. The van der Waals surface area contributed by atoms with Gasteiger partial charge in [0.05, 0.1) is 11.1 Å². The number of hydrogen-bond donors (Lipinski definition) is 1. The summed E-state index contributed by atoms with van der Waals surface area (Å²) in [6, 6.07) is 5.72. The summed E-state index contributed by atoms with van der Waals surface area (Å²) in [6.07, 6.45) is 3.55. The van der Waals surface area contributed by atoms with Crippen LogP contribution in [0.25, 0.3) is 5.69 Å². The first-order valence-electron chi connectivity index (χ1n) is 5.77. The number of carboxylic acid groups (broad SMARTS) is 1. The van der Waals surface area contributed by atoms with Crippen LogP contribution in [-0.4, -0.2) is 25.8 Å². The molecule has 5 nitrogen and oxygen atoms in total. The average molecular weight is 324 g/mol. The van der Waals surface area contributed by atoms with Crippen LogP contribution in [0.15, 0.2) is 35.3 Å². The van der Waals surface area contributed by atoms with Gasteiger partial charge in [-0.15, -0.1) is 0 Å². The lowest BCUT2D eigenvalue weighted by atomic mass is 9.86. The van der Waals surface area contributed by atoms with Gasteiger partial charge in [-0.2, -0.15) is 5.10 Å². The maximum absolute atomic E-state index is 11.1. The summed E-state index contributed by atoms with van der Waals surface area (Å²) in [7, 11) is 0. The van der Waals surface area contributed by atoms with Crippen LogP contribution < -0.4 is 0 Å². The molecule has 0 radical (unpaired) electrons. The lowest BCUT2D eigenvalue weighted by Gasteiger charge is -2.19. The van der Waals surface area contributed by atoms with Crippen LogP contribution in [0.3, 0.4) is 0 Å². The van der Waals surface area contributed by atoms with Gasteiger partial charge >= 0.3 is 5.97 Å². The van der Waals surface area contributed by atoms with Gasteiger partial charge < -0.3 is 5.11 Å². The minimum absolute atomic E-state index is 0.471. The van der Waals surface area contributed by atoms with Crippen molar-refractivity contribution in [2.24, 2.45) is 5.41 Å². The zero-order chi connectivity index (χ0) is 14.0. The normalized spacial score (nSPS) is 11.5. The van der Waals surface area contributed by atoms with Gasteiger partial charge in [0.1, 0.15) is 12.7 Å². The molecule has 0 aliphatic carbocycles. The fourth-order valence-corrected chi connectivity index (χ4v) is 2.37. The van der Waals surface area contributed by atoms with Gasteiger partial charge in [0, 0.05) is 4.47 Å². The van der Waals surface area contributed by atoms with E-state index in [2.05, 4.69) is 26.0 Å². The average Bonchev–Trinajstić information content (AvgIpc) is 2.81. The molecule has 1 aromatic carbocycles. The first-order chi connectivity index (χ1) is 8.90. The van der Waals surface area contributed by atoms with E-state index in [1.807, 2.05) is 18.2 Å². The molecule has 1 N–H and O–H groups in total. The molecule has 0 spiro atoms. The Morgan fingerprint density at radius 2 is 2.21 bits per heavy atom. The zero-order valence-electron chi connectivity index (χ0n) is 10.7. The van der Waals surface area contributed by atoms with Crippen LogP contribution in [-0.2, 0) is 11.2 Å². The molecule has 6 heteroatoms. The van der Waals surface area contributed by atoms with Crippen LogP contribution in [0, 0.1) is 5.41 Å². The minimum atomic E-state index is -0.802. The summed E-state index contributed by atoms with van der Waals surface area (Å²) in [5.74, 6) is -0.802. The maximum Gasteiger partial charge on any atom is 0.309 e. The molecular weight excluding hydrogens is 310 g/mol. The van der Waals surface area contributed by atoms with Crippen molar-refractivity contribution in [1.29, 1.82) is 0 Å². The van der Waals surface area contributed by atoms with Crippen molar-refractivity contribution in [2.45, 2.75) is 20.3 Å². The third kappa shape index (κ3) is 3.01. The largest absolute Gasteiger partial charge is 0.481 e. The smallest absolute Gasteiger partial charge is 0.309 e. The number of halogens is 1. The van der Waals surface area contributed by atoms with Crippen LogP contribution in [0.4, 0.5) is 0 Å². The first-order valence-corrected chi connectivity index (χ1v) is 6.56. The Kier molecular flexibility index (Phi) is 3.71. The number of aromatic nitrogens is 3. The van der Waals surface area contributed by atoms with Crippen molar-refractivity contribution in [2.75, 3.05) is 0 Å². The zero-order valence-corrected chi connectivity index (χ0v) is 12.3. The second-order valence-electron chi connectivity index (χ2n) is 4.99. The van der Waals surface area contributed by atoms with E-state index in [-0.39, 0.29) is 0 Å². The predicted octanol–water partition coefficient (Wildman–Crippen LogP) is 2.68. The number of aliphatic carboxylic acids is 1. The summed E-state index contributed by atoms with van der Waals surface area (Å²) >= 11 is 3.48. The molecule has 1 heterocycles. The van der Waals surface area contributed by atoms with E-state index in [9.17, 15) is 4.79 Å². The standard InChI is InChI=1S/C13H14BrN3O2/c1-13(2,12(18)19)6-9-3-4-11(10(14)5-9)17-8-15-7-16-17/h3-5,7-8H,6H2,1-2H3,(H,18,19). The highest BCUT2D eigenvalue weighted by atomic mass is 79.9. The highest BCUT2D eigenvalue weighted by Gasteiger charge is 2.27. The maximum atomic E-state index is 11.1. The molecule has 0 atom stereocenters. The van der Waals surface area contributed by atoms with Crippen molar-refractivity contribution in [3.63, 3.8) is 0 Å². The fraction of sp³-hybridized carbons (Fsp3) is 0.308. The van der Waals surface area contributed by atoms with Crippen LogP contribution in [0.1, 0.15) is 19.4 Å². The Balaban J connectivity index is 2.27. The van der Waals surface area contributed by atoms with E-state index in [4.69, 9.17) is 5.11 Å². The molecule has 100 valence electrons. The van der Waals surface area contributed by atoms with Crippen LogP contribution in [0.5, 0.6) is 0 Å². The number of carboxylic acids is 1. The van der Waals surface area contributed by atoms with Gasteiger partial charge in [0.2, 0.25) is 0 Å². The van der Waals surface area contributed by atoms with Crippen molar-refractivity contribution in [3.05, 3.63) is 40.9 Å². The van der Waals surface area contributed by atoms with Gasteiger partial charge in [-0.25, -0.2) is 9.67 Å². The summed E-state index contributed by atoms with van der Waals surface area (Å²) in [4.78, 5) is 15.0. The SMILES string of the molecule is CC(C)(Cc1ccc(-n2cncn2)c(Br)c1)C(=O)O. The van der Waals surface area contributed by atoms with Crippen molar-refractivity contribution in [3.8, 4) is 5.69 Å². The van der Waals surface area contributed by atoms with Crippen LogP contribution in [0.2, 0.25) is 0 Å². The Labute approximate surface area is 119 Å². The van der Waals surface area contributed by atoms with E-state index in [0.29, 0.717) is 6.42 Å². The minimum Gasteiger partial charge on any atom is -0.481 e. The molecule has 0 saturated heterocycles. The molecule has 0 saturated carbocycles. The number of carbonyl (C=O) groups is 1. The van der Waals surface area contributed by atoms with E-state index < -0.39 is 11.4 Å². The number of hydrogen-bond acceptors (Lipinski definition) is 3. The molecule has 2 aromatic rings. The highest BCUT2D eigenvalue weighted by molar-refractivity contribution is 9.10. The molecule has 0 aliphatic heterocycles. The molecular formula is C13H14BrN3O2. The molecule has 1 aromatic heterocycles. The van der Waals surface area contributed by atoms with Crippen LogP contribution >= 0.6 is 15.9 Å². The number of rotatable bonds is 4. The summed E-state index contributed by atoms with van der Waals surface area (Å²) in [6.45, 7) is 3.43. The quantitative estimate of drug-likeness (QED) is 0.939. The van der Waals surface area contributed by atoms with Crippen molar-refractivity contribution < 1.29 is 9.90 Å². The third-order valence-electron chi connectivity index (χ3n) is 2.90. The predicted molar refractivity (Wildman–Crippen MR) is 74.2 cm³/mol. The highest BCUT2D eigenvalue weighted by Crippen LogP contribution is 2.27. The van der Waals surface area contributed by atoms with Crippen molar-refractivity contribution >= 4 is 21.9 Å². The molecule has 0 unspecified atom stereocenters. The molecule has 0 aliphatic rings. The summed E-state index contributed by atoms with van der Waals surface area (Å²) < 4.78 is 2.51. The Morgan fingerprint density at radius 1 is 1.47 bits per heavy atom. The second kappa shape index (κ2) is 5.13. The van der Waals surface area contributed by atoms with Gasteiger partial charge in [0.15, 0.2) is 0 Å². The Bertz CT molecular complexity index is 594.